The molecule has 0 unspecified atom stereocenters. The molecule has 29 heavy (non-hydrogen) atoms. The van der Waals surface area contributed by atoms with Gasteiger partial charge in [0.1, 0.15) is 17.2 Å². The Bertz CT molecular complexity index is 1210. The number of hydrogen-bond acceptors (Lipinski definition) is 4. The number of para-hydroxylation sites is 1. The summed E-state index contributed by atoms with van der Waals surface area (Å²) in [5, 5.41) is 31.7. The van der Waals surface area contributed by atoms with Crippen LogP contribution in [0.4, 0.5) is 0 Å². The van der Waals surface area contributed by atoms with Gasteiger partial charge in [0.15, 0.2) is 0 Å². The molecule has 3 aromatic rings. The highest BCUT2D eigenvalue weighted by atomic mass is 16.3. The summed E-state index contributed by atoms with van der Waals surface area (Å²) in [6.45, 7) is 6.18. The van der Waals surface area contributed by atoms with Crippen LogP contribution < -0.4 is 5.43 Å². The van der Waals surface area contributed by atoms with Crippen LogP contribution >= 0.6 is 0 Å². The number of nitrogens with zero attached hydrogens (tertiary/aromatic N) is 1. The Morgan fingerprint density at radius 1 is 1.00 bits per heavy atom. The molecule has 0 radical (unpaired) electrons. The fourth-order valence-electron chi connectivity index (χ4n) is 3.76. The molecular formula is C24H27NO4. The summed E-state index contributed by atoms with van der Waals surface area (Å²) in [4.78, 5) is 13.0. The first-order valence-electron chi connectivity index (χ1n) is 9.69. The summed E-state index contributed by atoms with van der Waals surface area (Å²) in [7, 11) is 1.72. The standard InChI is InChI=1S/C24H27NO4/c1-14(2)7-5-8-15(3)11-12-16-19(27)13-20(28)21-23(16)25(4)22-17(24(21)29)9-6-10-18(22)26/h6-7,9-11,13,26-28H,5,8,12H2,1-4H3/b15-11+. The molecule has 5 nitrogen and oxygen atoms in total. The molecule has 5 heteroatoms. The molecule has 0 atom stereocenters. The maximum atomic E-state index is 13.0. The Kier molecular flexibility index (Phi) is 5.69. The van der Waals surface area contributed by atoms with E-state index in [1.54, 1.807) is 23.7 Å². The molecule has 0 aliphatic heterocycles. The van der Waals surface area contributed by atoms with Gasteiger partial charge in [0.2, 0.25) is 5.43 Å². The maximum Gasteiger partial charge on any atom is 0.201 e. The maximum absolute atomic E-state index is 13.0. The van der Waals surface area contributed by atoms with Crippen LogP contribution in [0.3, 0.4) is 0 Å². The van der Waals surface area contributed by atoms with Crippen LogP contribution in [-0.4, -0.2) is 19.9 Å². The van der Waals surface area contributed by atoms with Crippen molar-refractivity contribution in [1.29, 1.82) is 0 Å². The number of phenols is 3. The first-order valence-corrected chi connectivity index (χ1v) is 9.69. The minimum absolute atomic E-state index is 0.0220. The molecule has 3 rings (SSSR count). The molecule has 3 N–H and O–H groups in total. The van der Waals surface area contributed by atoms with E-state index in [-0.39, 0.29) is 28.1 Å². The van der Waals surface area contributed by atoms with Gasteiger partial charge in [0, 0.05) is 18.7 Å². The summed E-state index contributed by atoms with van der Waals surface area (Å²) in [5.41, 5.74) is 3.44. The number of fused-ring (bicyclic) bond motifs is 2. The lowest BCUT2D eigenvalue weighted by molar-refractivity contribution is 0.450. The third-order valence-electron chi connectivity index (χ3n) is 5.26. The fourth-order valence-corrected chi connectivity index (χ4v) is 3.76. The summed E-state index contributed by atoms with van der Waals surface area (Å²) in [5.74, 6) is -0.365. The van der Waals surface area contributed by atoms with Crippen molar-refractivity contribution in [3.8, 4) is 17.2 Å². The Morgan fingerprint density at radius 3 is 2.41 bits per heavy atom. The van der Waals surface area contributed by atoms with E-state index in [1.165, 1.54) is 23.3 Å². The van der Waals surface area contributed by atoms with Crippen molar-refractivity contribution in [2.24, 2.45) is 7.05 Å². The third kappa shape index (κ3) is 3.86. The van der Waals surface area contributed by atoms with Gasteiger partial charge in [-0.3, -0.25) is 4.79 Å². The summed E-state index contributed by atoms with van der Waals surface area (Å²) in [6.07, 6.45) is 6.48. The second-order valence-electron chi connectivity index (χ2n) is 7.75. The van der Waals surface area contributed by atoms with E-state index < -0.39 is 0 Å². The number of hydrogen-bond donors (Lipinski definition) is 3. The van der Waals surface area contributed by atoms with Gasteiger partial charge in [-0.15, -0.1) is 0 Å². The molecule has 0 saturated carbocycles. The highest BCUT2D eigenvalue weighted by Crippen LogP contribution is 2.36. The summed E-state index contributed by atoms with van der Waals surface area (Å²) in [6, 6.07) is 5.96. The zero-order valence-corrected chi connectivity index (χ0v) is 17.3. The minimum atomic E-state index is -0.369. The zero-order chi connectivity index (χ0) is 21.3. The monoisotopic (exact) mass is 393 g/mol. The normalized spacial score (nSPS) is 11.9. The smallest absolute Gasteiger partial charge is 0.201 e. The van der Waals surface area contributed by atoms with E-state index in [4.69, 9.17) is 0 Å². The SMILES string of the molecule is CC(C)=CCC/C(C)=C/Cc1c(O)cc(O)c2c(=O)c3cccc(O)c3n(C)c12. The lowest BCUT2D eigenvalue weighted by Gasteiger charge is -2.16. The van der Waals surface area contributed by atoms with Crippen molar-refractivity contribution >= 4 is 21.8 Å². The van der Waals surface area contributed by atoms with E-state index in [0.717, 1.165) is 12.8 Å². The van der Waals surface area contributed by atoms with E-state index in [9.17, 15) is 20.1 Å². The first kappa shape index (κ1) is 20.5. The average Bonchev–Trinajstić information content (AvgIpc) is 2.64. The Balaban J connectivity index is 2.20. The molecule has 152 valence electrons. The van der Waals surface area contributed by atoms with Gasteiger partial charge in [0.05, 0.1) is 21.8 Å². The molecular weight excluding hydrogens is 366 g/mol. The number of pyridine rings is 1. The van der Waals surface area contributed by atoms with Crippen molar-refractivity contribution in [2.45, 2.75) is 40.0 Å². The molecule has 0 saturated heterocycles. The topological polar surface area (TPSA) is 82.7 Å². The molecule has 0 bridgehead atoms. The number of aromatic nitrogens is 1. The largest absolute Gasteiger partial charge is 0.507 e. The molecule has 0 spiro atoms. The Labute approximate surface area is 169 Å². The molecule has 1 heterocycles. The van der Waals surface area contributed by atoms with Crippen LogP contribution in [0.15, 0.2) is 52.4 Å². The van der Waals surface area contributed by atoms with Gasteiger partial charge in [-0.25, -0.2) is 0 Å². The number of aryl methyl sites for hydroxylation is 1. The van der Waals surface area contributed by atoms with Crippen molar-refractivity contribution in [3.05, 3.63) is 63.4 Å². The predicted molar refractivity (Wildman–Crippen MR) is 118 cm³/mol. The molecule has 2 aromatic carbocycles. The van der Waals surface area contributed by atoms with Crippen LogP contribution in [-0.2, 0) is 13.5 Å². The second kappa shape index (κ2) is 8.03. The van der Waals surface area contributed by atoms with Gasteiger partial charge in [-0.05, 0) is 52.2 Å². The van der Waals surface area contributed by atoms with E-state index in [2.05, 4.69) is 19.9 Å². The van der Waals surface area contributed by atoms with Gasteiger partial charge in [-0.1, -0.05) is 29.4 Å². The molecule has 0 aliphatic carbocycles. The number of allylic oxidation sites excluding steroid dienone is 4. The third-order valence-corrected chi connectivity index (χ3v) is 5.26. The quantitative estimate of drug-likeness (QED) is 0.419. The molecule has 0 amide bonds. The Morgan fingerprint density at radius 2 is 1.72 bits per heavy atom. The molecule has 1 aromatic heterocycles. The van der Waals surface area contributed by atoms with E-state index in [0.29, 0.717) is 28.4 Å². The number of benzene rings is 2. The summed E-state index contributed by atoms with van der Waals surface area (Å²) < 4.78 is 1.67. The zero-order valence-electron chi connectivity index (χ0n) is 17.3. The average molecular weight is 393 g/mol. The van der Waals surface area contributed by atoms with Crippen molar-refractivity contribution in [1.82, 2.24) is 4.57 Å². The summed E-state index contributed by atoms with van der Waals surface area (Å²) >= 11 is 0. The van der Waals surface area contributed by atoms with Crippen LogP contribution in [0.25, 0.3) is 21.8 Å². The predicted octanol–water partition coefficient (Wildman–Crippen LogP) is 5.04. The number of aromatic hydroxyl groups is 3. The number of phenolic OH excluding ortho intramolecular Hbond substituents is 3. The van der Waals surface area contributed by atoms with Crippen molar-refractivity contribution in [3.63, 3.8) is 0 Å². The Hall–Kier alpha value is -3.21. The lowest BCUT2D eigenvalue weighted by Crippen LogP contribution is -2.11. The molecule has 0 fully saturated rings. The first-order chi connectivity index (χ1) is 13.7. The fraction of sp³-hybridized carbons (Fsp3) is 0.292. The number of rotatable bonds is 5. The van der Waals surface area contributed by atoms with Crippen LogP contribution in [0.2, 0.25) is 0 Å². The molecule has 0 aliphatic rings. The van der Waals surface area contributed by atoms with Crippen LogP contribution in [0.1, 0.15) is 39.2 Å². The van der Waals surface area contributed by atoms with Crippen LogP contribution in [0, 0.1) is 0 Å². The van der Waals surface area contributed by atoms with Crippen molar-refractivity contribution in [2.75, 3.05) is 0 Å². The van der Waals surface area contributed by atoms with Gasteiger partial charge in [-0.2, -0.15) is 0 Å². The van der Waals surface area contributed by atoms with Gasteiger partial charge < -0.3 is 19.9 Å². The van der Waals surface area contributed by atoms with Crippen molar-refractivity contribution < 1.29 is 15.3 Å². The highest BCUT2D eigenvalue weighted by Gasteiger charge is 2.19. The lowest BCUT2D eigenvalue weighted by atomic mass is 9.99. The van der Waals surface area contributed by atoms with E-state index in [1.807, 2.05) is 13.0 Å². The van der Waals surface area contributed by atoms with Crippen LogP contribution in [0.5, 0.6) is 17.2 Å². The minimum Gasteiger partial charge on any atom is -0.507 e. The van der Waals surface area contributed by atoms with Gasteiger partial charge in [0.25, 0.3) is 0 Å². The second-order valence-corrected chi connectivity index (χ2v) is 7.75. The van der Waals surface area contributed by atoms with Gasteiger partial charge >= 0.3 is 0 Å². The van der Waals surface area contributed by atoms with E-state index >= 15 is 0 Å². The highest BCUT2D eigenvalue weighted by molar-refractivity contribution is 6.00.